The number of ether oxygens (including phenoxy) is 3. The summed E-state index contributed by atoms with van der Waals surface area (Å²) in [6.07, 6.45) is 2.14. The first-order valence-corrected chi connectivity index (χ1v) is 12.9. The van der Waals surface area contributed by atoms with Crippen LogP contribution in [0.25, 0.3) is 0 Å². The Morgan fingerprint density at radius 3 is 2.64 bits per heavy atom. The van der Waals surface area contributed by atoms with E-state index in [9.17, 15) is 18.0 Å². The average Bonchev–Trinajstić information content (AvgIpc) is 2.80. The quantitative estimate of drug-likeness (QED) is 0.424. The lowest BCUT2D eigenvalue weighted by molar-refractivity contribution is -0.120. The van der Waals surface area contributed by atoms with E-state index in [1.165, 1.54) is 36.0 Å². The first-order chi connectivity index (χ1) is 15.8. The molecule has 0 fully saturated rings. The number of carbonyl (C=O) groups is 2. The summed E-state index contributed by atoms with van der Waals surface area (Å²) in [6, 6.07) is 9.65. The second-order valence-electron chi connectivity index (χ2n) is 7.03. The van der Waals surface area contributed by atoms with Gasteiger partial charge in [-0.2, -0.15) is 16.5 Å². The van der Waals surface area contributed by atoms with E-state index in [1.54, 1.807) is 18.2 Å². The lowest BCUT2D eigenvalue weighted by atomic mass is 10.2. The number of benzene rings is 2. The van der Waals surface area contributed by atoms with Crippen LogP contribution in [0.5, 0.6) is 17.2 Å². The Hall–Kier alpha value is -2.96. The third-order valence-electron chi connectivity index (χ3n) is 4.53. The van der Waals surface area contributed by atoms with Crippen LogP contribution in [0.2, 0.25) is 0 Å². The molecule has 2 aromatic rings. The molecular formula is C21H25N3O7S2. The normalized spacial score (nSPS) is 13.7. The molecule has 2 aromatic carbocycles. The SMILES string of the molecule is CSCCC(NS(=O)(=O)c1ccc2c(c1)OCCO2)C(=O)Nc1cccc(OCC(N)=O)c1. The van der Waals surface area contributed by atoms with Crippen molar-refractivity contribution in [2.24, 2.45) is 5.73 Å². The highest BCUT2D eigenvalue weighted by atomic mass is 32.2. The Kier molecular flexibility index (Phi) is 8.42. The molecule has 33 heavy (non-hydrogen) atoms. The van der Waals surface area contributed by atoms with E-state index >= 15 is 0 Å². The van der Waals surface area contributed by atoms with Gasteiger partial charge in [0.1, 0.15) is 25.0 Å². The maximum Gasteiger partial charge on any atom is 0.255 e. The minimum atomic E-state index is -4.02. The molecule has 3 rings (SSSR count). The van der Waals surface area contributed by atoms with Gasteiger partial charge in [-0.05, 0) is 42.7 Å². The molecule has 0 aliphatic carbocycles. The number of nitrogens with two attached hydrogens (primary N) is 1. The molecule has 0 radical (unpaired) electrons. The van der Waals surface area contributed by atoms with Gasteiger partial charge in [-0.3, -0.25) is 9.59 Å². The standard InChI is InChI=1S/C21H25N3O7S2/c1-32-10-7-17(21(26)23-14-3-2-4-15(11-14)31-13-20(22)25)24-33(27,28)16-5-6-18-19(12-16)30-9-8-29-18/h2-6,11-12,17,24H,7-10,13H2,1H3,(H2,22,25)(H,23,26). The van der Waals surface area contributed by atoms with E-state index in [0.717, 1.165) is 0 Å². The first-order valence-electron chi connectivity index (χ1n) is 10.0. The van der Waals surface area contributed by atoms with Crippen molar-refractivity contribution in [3.05, 3.63) is 42.5 Å². The zero-order chi connectivity index (χ0) is 23.8. The van der Waals surface area contributed by atoms with Crippen LogP contribution in [0.4, 0.5) is 5.69 Å². The summed E-state index contributed by atoms with van der Waals surface area (Å²) in [5.74, 6) is 0.539. The Morgan fingerprint density at radius 1 is 1.15 bits per heavy atom. The lowest BCUT2D eigenvalue weighted by Gasteiger charge is -2.21. The van der Waals surface area contributed by atoms with Gasteiger partial charge >= 0.3 is 0 Å². The predicted molar refractivity (Wildman–Crippen MR) is 124 cm³/mol. The van der Waals surface area contributed by atoms with Gasteiger partial charge in [0.25, 0.3) is 5.91 Å². The highest BCUT2D eigenvalue weighted by molar-refractivity contribution is 7.98. The predicted octanol–water partition coefficient (Wildman–Crippen LogP) is 1.36. The van der Waals surface area contributed by atoms with Crippen LogP contribution in [0.15, 0.2) is 47.4 Å². The molecule has 0 saturated carbocycles. The van der Waals surface area contributed by atoms with Gasteiger partial charge in [0, 0.05) is 17.8 Å². The van der Waals surface area contributed by atoms with Gasteiger partial charge in [-0.1, -0.05) is 6.07 Å². The average molecular weight is 496 g/mol. The Morgan fingerprint density at radius 2 is 1.91 bits per heavy atom. The number of nitrogens with one attached hydrogen (secondary N) is 2. The molecule has 12 heteroatoms. The summed E-state index contributed by atoms with van der Waals surface area (Å²) in [6.45, 7) is 0.414. The van der Waals surface area contributed by atoms with E-state index in [-0.39, 0.29) is 17.9 Å². The zero-order valence-electron chi connectivity index (χ0n) is 17.9. The van der Waals surface area contributed by atoms with Crippen molar-refractivity contribution < 1.29 is 32.2 Å². The molecule has 2 amide bonds. The minimum absolute atomic E-state index is 0.0319. The van der Waals surface area contributed by atoms with Crippen LogP contribution >= 0.6 is 11.8 Å². The largest absolute Gasteiger partial charge is 0.486 e. The van der Waals surface area contributed by atoms with Gasteiger partial charge in [-0.15, -0.1) is 0 Å². The number of sulfonamides is 1. The van der Waals surface area contributed by atoms with Gasteiger partial charge in [0.05, 0.1) is 4.90 Å². The zero-order valence-corrected chi connectivity index (χ0v) is 19.5. The summed E-state index contributed by atoms with van der Waals surface area (Å²) in [5.41, 5.74) is 5.46. The molecule has 1 heterocycles. The van der Waals surface area contributed by atoms with Crippen LogP contribution in [-0.2, 0) is 19.6 Å². The van der Waals surface area contributed by atoms with E-state index < -0.39 is 27.9 Å². The van der Waals surface area contributed by atoms with E-state index in [0.29, 0.717) is 41.9 Å². The van der Waals surface area contributed by atoms with E-state index in [4.69, 9.17) is 19.9 Å². The molecule has 0 aromatic heterocycles. The number of hydrogen-bond donors (Lipinski definition) is 3. The highest BCUT2D eigenvalue weighted by Gasteiger charge is 2.27. The third kappa shape index (κ3) is 7.01. The monoisotopic (exact) mass is 495 g/mol. The van der Waals surface area contributed by atoms with Crippen molar-refractivity contribution in [1.82, 2.24) is 4.72 Å². The second kappa shape index (κ2) is 11.3. The molecule has 1 atom stereocenters. The summed E-state index contributed by atoms with van der Waals surface area (Å²) >= 11 is 1.49. The maximum atomic E-state index is 13.0. The number of carbonyl (C=O) groups excluding carboxylic acids is 2. The van der Waals surface area contributed by atoms with Crippen molar-refractivity contribution in [2.75, 3.05) is 37.1 Å². The van der Waals surface area contributed by atoms with Crippen LogP contribution in [0, 0.1) is 0 Å². The van der Waals surface area contributed by atoms with E-state index in [1.807, 2.05) is 6.26 Å². The third-order valence-corrected chi connectivity index (χ3v) is 6.64. The van der Waals surface area contributed by atoms with Gasteiger partial charge in [-0.25, -0.2) is 8.42 Å². The van der Waals surface area contributed by atoms with Crippen molar-refractivity contribution >= 4 is 39.3 Å². The Balaban J connectivity index is 1.74. The number of anilines is 1. The van der Waals surface area contributed by atoms with Crippen LogP contribution < -0.4 is 30.0 Å². The number of rotatable bonds is 11. The Bertz CT molecular complexity index is 1110. The van der Waals surface area contributed by atoms with Crippen molar-refractivity contribution in [1.29, 1.82) is 0 Å². The van der Waals surface area contributed by atoms with Crippen LogP contribution in [-0.4, -0.2) is 58.1 Å². The molecule has 178 valence electrons. The van der Waals surface area contributed by atoms with Crippen LogP contribution in [0.3, 0.4) is 0 Å². The minimum Gasteiger partial charge on any atom is -0.486 e. The van der Waals surface area contributed by atoms with Crippen LogP contribution in [0.1, 0.15) is 6.42 Å². The van der Waals surface area contributed by atoms with E-state index in [2.05, 4.69) is 10.0 Å². The molecule has 0 spiro atoms. The summed E-state index contributed by atoms with van der Waals surface area (Å²) in [7, 11) is -4.02. The molecule has 1 aliphatic heterocycles. The highest BCUT2D eigenvalue weighted by Crippen LogP contribution is 2.32. The van der Waals surface area contributed by atoms with Gasteiger partial charge in [0.2, 0.25) is 15.9 Å². The lowest BCUT2D eigenvalue weighted by Crippen LogP contribution is -2.44. The molecule has 1 aliphatic rings. The number of primary amides is 1. The fourth-order valence-corrected chi connectivity index (χ4v) is 4.69. The number of hydrogen-bond acceptors (Lipinski definition) is 8. The summed E-state index contributed by atoms with van der Waals surface area (Å²) in [5, 5.41) is 2.69. The summed E-state index contributed by atoms with van der Waals surface area (Å²) in [4.78, 5) is 23.8. The van der Waals surface area contributed by atoms with Crippen molar-refractivity contribution in [3.8, 4) is 17.2 Å². The molecule has 0 bridgehead atoms. The Labute approximate surface area is 196 Å². The molecule has 1 unspecified atom stereocenters. The van der Waals surface area contributed by atoms with Crippen molar-refractivity contribution in [2.45, 2.75) is 17.4 Å². The van der Waals surface area contributed by atoms with Gasteiger partial charge < -0.3 is 25.3 Å². The first kappa shape index (κ1) is 24.7. The smallest absolute Gasteiger partial charge is 0.255 e. The summed E-state index contributed by atoms with van der Waals surface area (Å²) < 4.78 is 44.6. The fourth-order valence-electron chi connectivity index (χ4n) is 2.97. The topological polar surface area (TPSA) is 146 Å². The van der Waals surface area contributed by atoms with Crippen molar-refractivity contribution in [3.63, 3.8) is 0 Å². The molecule has 0 saturated heterocycles. The molecule has 4 N–H and O–H groups in total. The van der Waals surface area contributed by atoms with Gasteiger partial charge in [0.15, 0.2) is 18.1 Å². The number of amides is 2. The maximum absolute atomic E-state index is 13.0. The fraction of sp³-hybridized carbons (Fsp3) is 0.333. The second-order valence-corrected chi connectivity index (χ2v) is 9.73. The molecule has 10 nitrogen and oxygen atoms in total. The number of thioether (sulfide) groups is 1. The number of fused-ring (bicyclic) bond motifs is 1. The molecular weight excluding hydrogens is 470 g/mol.